The van der Waals surface area contributed by atoms with Crippen LogP contribution in [0.2, 0.25) is 5.02 Å². The van der Waals surface area contributed by atoms with Gasteiger partial charge < -0.3 is 5.32 Å². The fourth-order valence-corrected chi connectivity index (χ4v) is 2.59. The number of benzene rings is 2. The van der Waals surface area contributed by atoms with E-state index in [1.165, 1.54) is 24.3 Å². The largest absolute Gasteiger partial charge is 0.324 e. The average Bonchev–Trinajstić information content (AvgIpc) is 2.62. The number of amides is 1. The number of carbonyl (C=O) groups excluding carboxylic acids is 1. The van der Waals surface area contributed by atoms with Gasteiger partial charge in [-0.15, -0.1) is 0 Å². The summed E-state index contributed by atoms with van der Waals surface area (Å²) in [4.78, 5) is 24.6. The first-order valence-electron chi connectivity index (χ1n) is 7.86. The molecule has 1 amide bonds. The molecule has 1 heterocycles. The van der Waals surface area contributed by atoms with Crippen LogP contribution < -0.4 is 10.9 Å². The van der Waals surface area contributed by atoms with Crippen molar-refractivity contribution >= 4 is 23.2 Å². The summed E-state index contributed by atoms with van der Waals surface area (Å²) < 4.78 is 14.2. The molecule has 132 valence electrons. The topological polar surface area (TPSA) is 64.0 Å². The lowest BCUT2D eigenvalue weighted by Crippen LogP contribution is -2.33. The quantitative estimate of drug-likeness (QED) is 0.756. The van der Waals surface area contributed by atoms with E-state index in [2.05, 4.69) is 10.4 Å². The van der Waals surface area contributed by atoms with Crippen molar-refractivity contribution in [3.63, 3.8) is 0 Å². The molecule has 0 fully saturated rings. The van der Waals surface area contributed by atoms with Gasteiger partial charge in [0.25, 0.3) is 5.56 Å². The van der Waals surface area contributed by atoms with Gasteiger partial charge in [-0.05, 0) is 55.5 Å². The van der Waals surface area contributed by atoms with Gasteiger partial charge in [0.15, 0.2) is 0 Å². The lowest BCUT2D eigenvalue weighted by Gasteiger charge is -2.15. The Morgan fingerprint density at radius 1 is 1.15 bits per heavy atom. The Kier molecular flexibility index (Phi) is 5.14. The molecule has 0 radical (unpaired) electrons. The standard InChI is InChI=1S/C19H15ClFN3O2/c1-12(19(26)22-16-4-2-3-14(20)11-16)24-18(25)10-9-17(23-24)13-5-7-15(21)8-6-13/h2-12H,1H3,(H,22,26). The molecule has 0 aliphatic heterocycles. The third-order valence-electron chi connectivity index (χ3n) is 3.80. The number of halogens is 2. The Bertz CT molecular complexity index is 1000. The van der Waals surface area contributed by atoms with Crippen molar-refractivity contribution in [1.82, 2.24) is 9.78 Å². The van der Waals surface area contributed by atoms with Crippen LogP contribution >= 0.6 is 11.6 Å². The molecule has 2 aromatic carbocycles. The van der Waals surface area contributed by atoms with Crippen molar-refractivity contribution in [3.05, 3.63) is 81.9 Å². The van der Waals surface area contributed by atoms with E-state index in [0.717, 1.165) is 4.68 Å². The number of nitrogens with one attached hydrogen (secondary N) is 1. The van der Waals surface area contributed by atoms with Gasteiger partial charge in [-0.25, -0.2) is 9.07 Å². The average molecular weight is 372 g/mol. The SMILES string of the molecule is CC(C(=O)Nc1cccc(Cl)c1)n1nc(-c2ccc(F)cc2)ccc1=O. The van der Waals surface area contributed by atoms with Crippen LogP contribution in [0.25, 0.3) is 11.3 Å². The van der Waals surface area contributed by atoms with E-state index in [0.29, 0.717) is 22.0 Å². The second-order valence-corrected chi connectivity index (χ2v) is 6.12. The fourth-order valence-electron chi connectivity index (χ4n) is 2.40. The number of nitrogens with zero attached hydrogens (tertiary/aromatic N) is 2. The monoisotopic (exact) mass is 371 g/mol. The zero-order chi connectivity index (χ0) is 18.7. The van der Waals surface area contributed by atoms with Crippen LogP contribution in [0.4, 0.5) is 10.1 Å². The van der Waals surface area contributed by atoms with Gasteiger partial charge in [0.1, 0.15) is 11.9 Å². The maximum Gasteiger partial charge on any atom is 0.267 e. The van der Waals surface area contributed by atoms with Crippen LogP contribution in [0.1, 0.15) is 13.0 Å². The van der Waals surface area contributed by atoms with E-state index in [1.807, 2.05) is 0 Å². The molecule has 7 heteroatoms. The number of aromatic nitrogens is 2. The van der Waals surface area contributed by atoms with E-state index in [-0.39, 0.29) is 5.82 Å². The Labute approximate surface area is 154 Å². The van der Waals surface area contributed by atoms with Crippen LogP contribution in [0.15, 0.2) is 65.5 Å². The first-order chi connectivity index (χ1) is 12.4. The number of anilines is 1. The van der Waals surface area contributed by atoms with Crippen molar-refractivity contribution in [2.45, 2.75) is 13.0 Å². The van der Waals surface area contributed by atoms with Crippen LogP contribution in [0, 0.1) is 5.82 Å². The number of carbonyl (C=O) groups is 1. The number of hydrogen-bond acceptors (Lipinski definition) is 3. The Morgan fingerprint density at radius 2 is 1.88 bits per heavy atom. The summed E-state index contributed by atoms with van der Waals surface area (Å²) in [6.45, 7) is 1.57. The first kappa shape index (κ1) is 17.8. The summed E-state index contributed by atoms with van der Waals surface area (Å²) in [7, 11) is 0. The molecule has 1 N–H and O–H groups in total. The minimum absolute atomic E-state index is 0.365. The van der Waals surface area contributed by atoms with Crippen LogP contribution in [-0.4, -0.2) is 15.7 Å². The molecule has 0 bridgehead atoms. The third-order valence-corrected chi connectivity index (χ3v) is 4.04. The molecule has 1 atom stereocenters. The van der Waals surface area contributed by atoms with Gasteiger partial charge in [-0.2, -0.15) is 5.10 Å². The molecule has 0 aliphatic rings. The van der Waals surface area contributed by atoms with Crippen molar-refractivity contribution in [3.8, 4) is 11.3 Å². The summed E-state index contributed by atoms with van der Waals surface area (Å²) in [5.41, 5.74) is 1.22. The predicted octanol–water partition coefficient (Wildman–Crippen LogP) is 3.90. The summed E-state index contributed by atoms with van der Waals surface area (Å²) in [5, 5.41) is 7.44. The normalized spacial score (nSPS) is 11.8. The van der Waals surface area contributed by atoms with E-state index in [4.69, 9.17) is 11.6 Å². The number of rotatable bonds is 4. The van der Waals surface area contributed by atoms with Gasteiger partial charge in [0.2, 0.25) is 5.91 Å². The maximum atomic E-state index is 13.1. The minimum atomic E-state index is -0.845. The van der Waals surface area contributed by atoms with Gasteiger partial charge in [0.05, 0.1) is 5.69 Å². The third kappa shape index (κ3) is 3.97. The Morgan fingerprint density at radius 3 is 2.58 bits per heavy atom. The summed E-state index contributed by atoms with van der Waals surface area (Å²) >= 11 is 5.90. The van der Waals surface area contributed by atoms with E-state index >= 15 is 0 Å². The molecule has 1 aromatic heterocycles. The van der Waals surface area contributed by atoms with E-state index in [1.54, 1.807) is 43.3 Å². The Balaban J connectivity index is 1.87. The molecule has 0 saturated heterocycles. The zero-order valence-electron chi connectivity index (χ0n) is 13.8. The van der Waals surface area contributed by atoms with Gasteiger partial charge >= 0.3 is 0 Å². The highest BCUT2D eigenvalue weighted by Crippen LogP contribution is 2.18. The van der Waals surface area contributed by atoms with Crippen LogP contribution in [-0.2, 0) is 4.79 Å². The molecule has 3 rings (SSSR count). The highest BCUT2D eigenvalue weighted by Gasteiger charge is 2.18. The van der Waals surface area contributed by atoms with E-state index in [9.17, 15) is 14.0 Å². The van der Waals surface area contributed by atoms with E-state index < -0.39 is 17.5 Å². The zero-order valence-corrected chi connectivity index (χ0v) is 14.6. The van der Waals surface area contributed by atoms with Crippen molar-refractivity contribution < 1.29 is 9.18 Å². The predicted molar refractivity (Wildman–Crippen MR) is 98.7 cm³/mol. The maximum absolute atomic E-state index is 13.1. The minimum Gasteiger partial charge on any atom is -0.324 e. The van der Waals surface area contributed by atoms with Gasteiger partial charge in [0, 0.05) is 22.3 Å². The van der Waals surface area contributed by atoms with Crippen molar-refractivity contribution in [1.29, 1.82) is 0 Å². The summed E-state index contributed by atoms with van der Waals surface area (Å²) in [5.74, 6) is -0.769. The van der Waals surface area contributed by atoms with Crippen molar-refractivity contribution in [2.75, 3.05) is 5.32 Å². The lowest BCUT2D eigenvalue weighted by atomic mass is 10.1. The highest BCUT2D eigenvalue weighted by atomic mass is 35.5. The molecule has 0 spiro atoms. The van der Waals surface area contributed by atoms with Crippen molar-refractivity contribution in [2.24, 2.45) is 0 Å². The highest BCUT2D eigenvalue weighted by molar-refractivity contribution is 6.30. The molecule has 0 aliphatic carbocycles. The summed E-state index contributed by atoms with van der Waals surface area (Å²) in [6.07, 6.45) is 0. The molecule has 26 heavy (non-hydrogen) atoms. The van der Waals surface area contributed by atoms with Crippen LogP contribution in [0.5, 0.6) is 0 Å². The molecular weight excluding hydrogens is 357 g/mol. The second-order valence-electron chi connectivity index (χ2n) is 5.68. The second kappa shape index (κ2) is 7.49. The lowest BCUT2D eigenvalue weighted by molar-refractivity contribution is -0.119. The molecule has 1 unspecified atom stereocenters. The smallest absolute Gasteiger partial charge is 0.267 e. The summed E-state index contributed by atoms with van der Waals surface area (Å²) in [6, 6.07) is 14.5. The molecule has 3 aromatic rings. The molecule has 5 nitrogen and oxygen atoms in total. The van der Waals surface area contributed by atoms with Crippen LogP contribution in [0.3, 0.4) is 0 Å². The number of hydrogen-bond donors (Lipinski definition) is 1. The first-order valence-corrected chi connectivity index (χ1v) is 8.24. The molecular formula is C19H15ClFN3O2. The van der Waals surface area contributed by atoms with Gasteiger partial charge in [-0.3, -0.25) is 9.59 Å². The Hall–Kier alpha value is -2.99. The fraction of sp³-hybridized carbons (Fsp3) is 0.105. The molecule has 0 saturated carbocycles. The van der Waals surface area contributed by atoms with Gasteiger partial charge in [-0.1, -0.05) is 17.7 Å².